The smallest absolute Gasteiger partial charge is 0.240 e. The summed E-state index contributed by atoms with van der Waals surface area (Å²) in [6.07, 6.45) is 4.07. The second-order valence-electron chi connectivity index (χ2n) is 6.93. The van der Waals surface area contributed by atoms with Crippen molar-refractivity contribution in [2.45, 2.75) is 58.1 Å². The van der Waals surface area contributed by atoms with Crippen molar-refractivity contribution in [1.29, 1.82) is 0 Å². The van der Waals surface area contributed by atoms with E-state index in [1.165, 1.54) is 0 Å². The minimum atomic E-state index is -0.563. The van der Waals surface area contributed by atoms with Gasteiger partial charge < -0.3 is 15.8 Å². The first-order valence-corrected chi connectivity index (χ1v) is 7.02. The van der Waals surface area contributed by atoms with Gasteiger partial charge in [-0.3, -0.25) is 4.79 Å². The zero-order valence-electron chi connectivity index (χ0n) is 12.2. The molecule has 4 nitrogen and oxygen atoms in total. The molecule has 3 N–H and O–H groups in total. The maximum absolute atomic E-state index is 11.8. The molecular formula is C14H27ClN2O2. The number of nitrogens with one attached hydrogen (secondary N) is 1. The van der Waals surface area contributed by atoms with E-state index in [0.29, 0.717) is 12.5 Å². The van der Waals surface area contributed by atoms with Gasteiger partial charge in [-0.2, -0.15) is 0 Å². The molecule has 0 bridgehead atoms. The summed E-state index contributed by atoms with van der Waals surface area (Å²) in [5, 5.41) is 3.01. The van der Waals surface area contributed by atoms with Gasteiger partial charge in [-0.1, -0.05) is 20.8 Å². The Hall–Kier alpha value is -0.320. The quantitative estimate of drug-likeness (QED) is 0.834. The molecule has 0 aromatic rings. The first kappa shape index (κ1) is 16.7. The van der Waals surface area contributed by atoms with Gasteiger partial charge in [0.2, 0.25) is 5.91 Å². The van der Waals surface area contributed by atoms with Crippen molar-refractivity contribution in [3.05, 3.63) is 0 Å². The summed E-state index contributed by atoms with van der Waals surface area (Å²) in [4.78, 5) is 11.8. The number of carbonyl (C=O) groups excluding carboxylic acids is 1. The van der Waals surface area contributed by atoms with Gasteiger partial charge >= 0.3 is 0 Å². The Balaban J connectivity index is 0.00000180. The highest BCUT2D eigenvalue weighted by atomic mass is 35.5. The predicted octanol–water partition coefficient (Wildman–Crippen LogP) is 1.86. The van der Waals surface area contributed by atoms with Crippen molar-refractivity contribution in [2.75, 3.05) is 13.2 Å². The predicted molar refractivity (Wildman–Crippen MR) is 78.3 cm³/mol. The Labute approximate surface area is 122 Å². The summed E-state index contributed by atoms with van der Waals surface area (Å²) in [6.45, 7) is 8.13. The highest BCUT2D eigenvalue weighted by Crippen LogP contribution is 2.35. The lowest BCUT2D eigenvalue weighted by atomic mass is 9.78. The monoisotopic (exact) mass is 290 g/mol. The highest BCUT2D eigenvalue weighted by Gasteiger charge is 2.46. The largest absolute Gasteiger partial charge is 0.377 e. The molecule has 1 amide bonds. The second kappa shape index (κ2) is 5.98. The van der Waals surface area contributed by atoms with Crippen molar-refractivity contribution < 1.29 is 9.53 Å². The van der Waals surface area contributed by atoms with E-state index in [9.17, 15) is 4.79 Å². The fraction of sp³-hybridized carbons (Fsp3) is 0.929. The Morgan fingerprint density at radius 2 is 2.05 bits per heavy atom. The molecule has 1 aliphatic carbocycles. The zero-order valence-corrected chi connectivity index (χ0v) is 13.0. The first-order valence-electron chi connectivity index (χ1n) is 7.02. The SMILES string of the molecule is CC(C)(C)C1OCCCC1CNC(=O)C1(N)CC1.Cl. The van der Waals surface area contributed by atoms with E-state index in [0.717, 1.165) is 32.3 Å². The van der Waals surface area contributed by atoms with E-state index in [1.807, 2.05) is 0 Å². The number of halogens is 1. The van der Waals surface area contributed by atoms with E-state index in [-0.39, 0.29) is 29.8 Å². The van der Waals surface area contributed by atoms with Crippen LogP contribution in [0.2, 0.25) is 0 Å². The molecule has 1 saturated heterocycles. The molecule has 1 saturated carbocycles. The molecule has 0 aromatic carbocycles. The minimum absolute atomic E-state index is 0. The molecule has 2 fully saturated rings. The van der Waals surface area contributed by atoms with Gasteiger partial charge in [0.15, 0.2) is 0 Å². The fourth-order valence-corrected chi connectivity index (χ4v) is 2.77. The average Bonchev–Trinajstić information content (AvgIpc) is 3.05. The topological polar surface area (TPSA) is 64.3 Å². The summed E-state index contributed by atoms with van der Waals surface area (Å²) < 4.78 is 5.91. The average molecular weight is 291 g/mol. The van der Waals surface area contributed by atoms with Gasteiger partial charge in [0.25, 0.3) is 0 Å². The summed E-state index contributed by atoms with van der Waals surface area (Å²) in [6, 6.07) is 0. The number of nitrogens with two attached hydrogens (primary N) is 1. The van der Waals surface area contributed by atoms with Crippen LogP contribution in [0.5, 0.6) is 0 Å². The van der Waals surface area contributed by atoms with Crippen LogP contribution in [-0.2, 0) is 9.53 Å². The third kappa shape index (κ3) is 4.07. The first-order chi connectivity index (χ1) is 8.33. The van der Waals surface area contributed by atoms with Crippen molar-refractivity contribution in [3.8, 4) is 0 Å². The molecule has 112 valence electrons. The number of hydrogen-bond acceptors (Lipinski definition) is 3. The van der Waals surface area contributed by atoms with Gasteiger partial charge in [-0.25, -0.2) is 0 Å². The van der Waals surface area contributed by atoms with Crippen molar-refractivity contribution in [1.82, 2.24) is 5.32 Å². The van der Waals surface area contributed by atoms with E-state index in [1.54, 1.807) is 0 Å². The van der Waals surface area contributed by atoms with Gasteiger partial charge in [-0.05, 0) is 31.1 Å². The number of amides is 1. The van der Waals surface area contributed by atoms with Crippen molar-refractivity contribution >= 4 is 18.3 Å². The van der Waals surface area contributed by atoms with Gasteiger partial charge in [-0.15, -0.1) is 12.4 Å². The maximum atomic E-state index is 11.8. The third-order valence-electron chi connectivity index (χ3n) is 4.06. The summed E-state index contributed by atoms with van der Waals surface area (Å²) in [5.74, 6) is 0.422. The Morgan fingerprint density at radius 3 is 2.58 bits per heavy atom. The zero-order chi connectivity index (χ0) is 13.4. The van der Waals surface area contributed by atoms with Crippen LogP contribution in [0.3, 0.4) is 0 Å². The molecule has 0 spiro atoms. The van der Waals surface area contributed by atoms with Crippen LogP contribution in [0.1, 0.15) is 46.5 Å². The lowest BCUT2D eigenvalue weighted by molar-refractivity contribution is -0.125. The summed E-state index contributed by atoms with van der Waals surface area (Å²) in [5.41, 5.74) is 5.44. The molecule has 0 aromatic heterocycles. The second-order valence-corrected chi connectivity index (χ2v) is 6.93. The maximum Gasteiger partial charge on any atom is 0.240 e. The molecule has 2 atom stereocenters. The molecule has 0 radical (unpaired) electrons. The number of ether oxygens (including phenoxy) is 1. The Kier molecular flexibility index (Phi) is 5.27. The molecule has 19 heavy (non-hydrogen) atoms. The van der Waals surface area contributed by atoms with Gasteiger partial charge in [0.05, 0.1) is 11.6 Å². The van der Waals surface area contributed by atoms with Crippen LogP contribution < -0.4 is 11.1 Å². The highest BCUT2D eigenvalue weighted by molar-refractivity contribution is 5.88. The lowest BCUT2D eigenvalue weighted by Gasteiger charge is -2.40. The molecular weight excluding hydrogens is 264 g/mol. The van der Waals surface area contributed by atoms with E-state index >= 15 is 0 Å². The minimum Gasteiger partial charge on any atom is -0.377 e. The van der Waals surface area contributed by atoms with E-state index in [2.05, 4.69) is 26.1 Å². The Morgan fingerprint density at radius 1 is 1.42 bits per heavy atom. The van der Waals surface area contributed by atoms with Gasteiger partial charge in [0, 0.05) is 19.1 Å². The van der Waals surface area contributed by atoms with Crippen LogP contribution >= 0.6 is 12.4 Å². The molecule has 1 heterocycles. The molecule has 2 rings (SSSR count). The molecule has 2 aliphatic rings. The molecule has 2 unspecified atom stereocenters. The normalized spacial score (nSPS) is 29.3. The number of rotatable bonds is 3. The lowest BCUT2D eigenvalue weighted by Crippen LogP contribution is -2.49. The van der Waals surface area contributed by atoms with Crippen molar-refractivity contribution in [2.24, 2.45) is 17.1 Å². The summed E-state index contributed by atoms with van der Waals surface area (Å²) in [7, 11) is 0. The van der Waals surface area contributed by atoms with E-state index in [4.69, 9.17) is 10.5 Å². The molecule has 1 aliphatic heterocycles. The van der Waals surface area contributed by atoms with Crippen LogP contribution in [-0.4, -0.2) is 30.7 Å². The fourth-order valence-electron chi connectivity index (χ4n) is 2.77. The van der Waals surface area contributed by atoms with Crippen molar-refractivity contribution in [3.63, 3.8) is 0 Å². The van der Waals surface area contributed by atoms with Gasteiger partial charge in [0.1, 0.15) is 0 Å². The standard InChI is InChI=1S/C14H26N2O2.ClH/c1-13(2,3)11-10(5-4-8-18-11)9-16-12(17)14(15)6-7-14;/h10-11H,4-9,15H2,1-3H3,(H,16,17);1H. The number of hydrogen-bond donors (Lipinski definition) is 2. The third-order valence-corrected chi connectivity index (χ3v) is 4.06. The number of carbonyl (C=O) groups is 1. The Bertz CT molecular complexity index is 324. The van der Waals surface area contributed by atoms with Crippen LogP contribution in [0, 0.1) is 11.3 Å². The van der Waals surface area contributed by atoms with E-state index < -0.39 is 5.54 Å². The molecule has 5 heteroatoms. The van der Waals surface area contributed by atoms with Crippen LogP contribution in [0.15, 0.2) is 0 Å². The van der Waals surface area contributed by atoms with Crippen LogP contribution in [0.25, 0.3) is 0 Å². The summed E-state index contributed by atoms with van der Waals surface area (Å²) >= 11 is 0. The van der Waals surface area contributed by atoms with Crippen LogP contribution in [0.4, 0.5) is 0 Å².